The number of hydrogen-bond donors (Lipinski definition) is 2. The summed E-state index contributed by atoms with van der Waals surface area (Å²) in [5.41, 5.74) is 1.67. The molecule has 1 heterocycles. The van der Waals surface area contributed by atoms with Gasteiger partial charge in [-0.15, -0.1) is 0 Å². The lowest BCUT2D eigenvalue weighted by atomic mass is 10.1. The molecule has 3 aromatic rings. The molecule has 2 N–H and O–H groups in total. The van der Waals surface area contributed by atoms with Crippen molar-refractivity contribution in [3.05, 3.63) is 71.1 Å². The lowest BCUT2D eigenvalue weighted by Crippen LogP contribution is -2.28. The summed E-state index contributed by atoms with van der Waals surface area (Å²) in [4.78, 5) is 24.3. The highest BCUT2D eigenvalue weighted by atomic mass is 19.1. The molecule has 0 aliphatic carbocycles. The van der Waals surface area contributed by atoms with Crippen molar-refractivity contribution in [3.8, 4) is 11.4 Å². The van der Waals surface area contributed by atoms with E-state index in [1.54, 1.807) is 38.1 Å². The van der Waals surface area contributed by atoms with E-state index in [9.17, 15) is 18.4 Å². The van der Waals surface area contributed by atoms with Crippen LogP contribution in [0.15, 0.2) is 42.5 Å². The number of amides is 2. The largest absolute Gasteiger partial charge is 0.484 e. The molecule has 1 aromatic heterocycles. The predicted molar refractivity (Wildman–Crippen MR) is 112 cm³/mol. The molecule has 0 aliphatic heterocycles. The van der Waals surface area contributed by atoms with Gasteiger partial charge < -0.3 is 15.4 Å². The third-order valence-electron chi connectivity index (χ3n) is 4.51. The number of ether oxygens (including phenoxy) is 1. The lowest BCUT2D eigenvalue weighted by Gasteiger charge is -2.09. The Hall–Kier alpha value is -3.75. The first kappa shape index (κ1) is 21.9. The third-order valence-corrected chi connectivity index (χ3v) is 4.51. The highest BCUT2D eigenvalue weighted by Gasteiger charge is 2.21. The Bertz CT molecular complexity index is 1110. The Morgan fingerprint density at radius 2 is 1.81 bits per heavy atom. The van der Waals surface area contributed by atoms with Crippen LogP contribution in [0.5, 0.6) is 5.75 Å². The van der Waals surface area contributed by atoms with Crippen LogP contribution < -0.4 is 15.4 Å². The minimum atomic E-state index is -0.777. The van der Waals surface area contributed by atoms with E-state index in [0.29, 0.717) is 34.9 Å². The van der Waals surface area contributed by atoms with E-state index in [1.165, 1.54) is 10.7 Å². The summed E-state index contributed by atoms with van der Waals surface area (Å²) in [5.74, 6) is -1.63. The molecular formula is C22H22F2N4O3. The molecule has 0 unspecified atom stereocenters. The van der Waals surface area contributed by atoms with E-state index in [0.717, 1.165) is 12.1 Å². The first-order valence-corrected chi connectivity index (χ1v) is 9.62. The zero-order valence-electron chi connectivity index (χ0n) is 17.3. The number of benzene rings is 2. The van der Waals surface area contributed by atoms with Crippen molar-refractivity contribution in [2.24, 2.45) is 0 Å². The monoisotopic (exact) mass is 428 g/mol. The number of nitrogens with zero attached hydrogens (tertiary/aromatic N) is 2. The molecular weight excluding hydrogens is 406 g/mol. The van der Waals surface area contributed by atoms with Gasteiger partial charge in [0.15, 0.2) is 12.4 Å². The molecule has 0 bridgehead atoms. The topological polar surface area (TPSA) is 85.2 Å². The van der Waals surface area contributed by atoms with E-state index in [1.807, 2.05) is 6.92 Å². The average Bonchev–Trinajstić information content (AvgIpc) is 3.01. The van der Waals surface area contributed by atoms with Gasteiger partial charge in [0.1, 0.15) is 17.3 Å². The zero-order valence-corrected chi connectivity index (χ0v) is 17.3. The average molecular weight is 428 g/mol. The fraction of sp³-hybridized carbons (Fsp3) is 0.227. The number of carbonyl (C=O) groups excluding carboxylic acids is 2. The van der Waals surface area contributed by atoms with Crippen LogP contribution in [0.3, 0.4) is 0 Å². The number of halogens is 2. The summed E-state index contributed by atoms with van der Waals surface area (Å²) >= 11 is 0. The normalized spacial score (nSPS) is 10.6. The molecule has 0 saturated carbocycles. The molecule has 2 amide bonds. The molecule has 3 rings (SSSR count). The fourth-order valence-electron chi connectivity index (χ4n) is 3.08. The van der Waals surface area contributed by atoms with Crippen molar-refractivity contribution in [2.45, 2.75) is 20.8 Å². The van der Waals surface area contributed by atoms with E-state index in [2.05, 4.69) is 15.7 Å². The summed E-state index contributed by atoms with van der Waals surface area (Å²) in [5, 5.41) is 9.63. The number of rotatable bonds is 7. The van der Waals surface area contributed by atoms with E-state index >= 15 is 0 Å². The van der Waals surface area contributed by atoms with Gasteiger partial charge in [0.2, 0.25) is 0 Å². The Kier molecular flexibility index (Phi) is 6.64. The quantitative estimate of drug-likeness (QED) is 0.603. The summed E-state index contributed by atoms with van der Waals surface area (Å²) in [6.07, 6.45) is 0. The molecule has 0 aliphatic rings. The predicted octanol–water partition coefficient (Wildman–Crippen LogP) is 3.53. The van der Waals surface area contributed by atoms with Crippen molar-refractivity contribution >= 4 is 17.5 Å². The maximum absolute atomic E-state index is 14.2. The third kappa shape index (κ3) is 5.06. The van der Waals surface area contributed by atoms with Gasteiger partial charge in [0.25, 0.3) is 11.8 Å². The number of likely N-dealkylation sites (N-methyl/N-ethyl adjacent to an activating group) is 1. The van der Waals surface area contributed by atoms with Crippen LogP contribution in [0.2, 0.25) is 0 Å². The molecule has 0 radical (unpaired) electrons. The van der Waals surface area contributed by atoms with E-state index < -0.39 is 17.5 Å². The van der Waals surface area contributed by atoms with Crippen LogP contribution in [0.25, 0.3) is 5.69 Å². The molecule has 162 valence electrons. The van der Waals surface area contributed by atoms with Crippen molar-refractivity contribution in [3.63, 3.8) is 0 Å². The number of hydrogen-bond acceptors (Lipinski definition) is 4. The number of aromatic nitrogens is 2. The van der Waals surface area contributed by atoms with Gasteiger partial charge in [-0.2, -0.15) is 5.10 Å². The zero-order chi connectivity index (χ0) is 22.5. The number of nitrogens with one attached hydrogen (secondary N) is 2. The maximum Gasteiger partial charge on any atom is 0.259 e. The SMILES string of the molecule is CCNC(=O)COc1ccc(NC(=O)c2c(C)nn(-c3ccc(F)cc3F)c2C)cc1. The van der Waals surface area contributed by atoms with Gasteiger partial charge in [0.05, 0.1) is 17.0 Å². The van der Waals surface area contributed by atoms with Crippen LogP contribution in [0, 0.1) is 25.5 Å². The summed E-state index contributed by atoms with van der Waals surface area (Å²) in [6.45, 7) is 5.51. The number of aryl methyl sites for hydroxylation is 1. The second kappa shape index (κ2) is 9.38. The van der Waals surface area contributed by atoms with Gasteiger partial charge in [-0.05, 0) is 57.2 Å². The second-order valence-corrected chi connectivity index (χ2v) is 6.77. The second-order valence-electron chi connectivity index (χ2n) is 6.77. The summed E-state index contributed by atoms with van der Waals surface area (Å²) in [6, 6.07) is 9.70. The number of anilines is 1. The van der Waals surface area contributed by atoms with E-state index in [-0.39, 0.29) is 18.2 Å². The molecule has 0 spiro atoms. The minimum absolute atomic E-state index is 0.0506. The molecule has 9 heteroatoms. The Labute approximate surface area is 178 Å². The molecule has 2 aromatic carbocycles. The van der Waals surface area contributed by atoms with Crippen molar-refractivity contribution in [1.29, 1.82) is 0 Å². The Balaban J connectivity index is 1.74. The smallest absolute Gasteiger partial charge is 0.259 e. The molecule has 7 nitrogen and oxygen atoms in total. The fourth-order valence-corrected chi connectivity index (χ4v) is 3.08. The van der Waals surface area contributed by atoms with Gasteiger partial charge in [-0.25, -0.2) is 13.5 Å². The van der Waals surface area contributed by atoms with Gasteiger partial charge in [-0.1, -0.05) is 0 Å². The molecule has 0 fully saturated rings. The minimum Gasteiger partial charge on any atom is -0.484 e. The van der Waals surface area contributed by atoms with Crippen molar-refractivity contribution in [1.82, 2.24) is 15.1 Å². The van der Waals surface area contributed by atoms with Crippen LogP contribution in [-0.2, 0) is 4.79 Å². The maximum atomic E-state index is 14.2. The van der Waals surface area contributed by atoms with Gasteiger partial charge >= 0.3 is 0 Å². The summed E-state index contributed by atoms with van der Waals surface area (Å²) in [7, 11) is 0. The Morgan fingerprint density at radius 3 is 2.45 bits per heavy atom. The van der Waals surface area contributed by atoms with Gasteiger partial charge in [-0.3, -0.25) is 9.59 Å². The molecule has 0 atom stereocenters. The number of carbonyl (C=O) groups is 2. The highest BCUT2D eigenvalue weighted by Crippen LogP contribution is 2.22. The highest BCUT2D eigenvalue weighted by molar-refractivity contribution is 6.06. The van der Waals surface area contributed by atoms with Crippen molar-refractivity contribution in [2.75, 3.05) is 18.5 Å². The van der Waals surface area contributed by atoms with Crippen LogP contribution >= 0.6 is 0 Å². The Morgan fingerprint density at radius 1 is 1.10 bits per heavy atom. The molecule has 0 saturated heterocycles. The van der Waals surface area contributed by atoms with Gasteiger partial charge in [0, 0.05) is 18.3 Å². The van der Waals surface area contributed by atoms with Crippen LogP contribution in [-0.4, -0.2) is 34.7 Å². The first-order valence-electron chi connectivity index (χ1n) is 9.62. The van der Waals surface area contributed by atoms with E-state index in [4.69, 9.17) is 4.74 Å². The summed E-state index contributed by atoms with van der Waals surface area (Å²) < 4.78 is 34.0. The molecule has 31 heavy (non-hydrogen) atoms. The lowest BCUT2D eigenvalue weighted by molar-refractivity contribution is -0.122. The van der Waals surface area contributed by atoms with Crippen LogP contribution in [0.4, 0.5) is 14.5 Å². The van der Waals surface area contributed by atoms with Crippen LogP contribution in [0.1, 0.15) is 28.7 Å². The van der Waals surface area contributed by atoms with Crippen molar-refractivity contribution < 1.29 is 23.1 Å². The first-order chi connectivity index (χ1) is 14.8. The standard InChI is InChI=1S/C22H22F2N4O3/c1-4-25-20(29)12-31-17-8-6-16(7-9-17)26-22(30)21-13(2)27-28(14(21)3)19-10-5-15(23)11-18(19)24/h5-11H,4,12H2,1-3H3,(H,25,29)(H,26,30).